The third-order valence-corrected chi connectivity index (χ3v) is 6.20. The summed E-state index contributed by atoms with van der Waals surface area (Å²) in [4.78, 5) is 11.5. The molecule has 0 saturated heterocycles. The first-order chi connectivity index (χ1) is 9.54. The highest BCUT2D eigenvalue weighted by Gasteiger charge is 2.21. The summed E-state index contributed by atoms with van der Waals surface area (Å²) in [5.74, 6) is -0.563. The molecule has 0 aliphatic carbocycles. The standard InChI is InChI=1S/C11H12Cl3NO4S2/c1-6(20(2)17)5-15-11(16)7-3-8(12)10(13)9(4-7)21(14,18)19/h3-4,6H,5H2,1-2H3,(H,15,16). The first-order valence-corrected chi connectivity index (χ1v) is 10.3. The monoisotopic (exact) mass is 391 g/mol. The van der Waals surface area contributed by atoms with Gasteiger partial charge < -0.3 is 5.32 Å². The number of hydrogen-bond donors (Lipinski definition) is 1. The van der Waals surface area contributed by atoms with Crippen LogP contribution in [0.2, 0.25) is 10.0 Å². The smallest absolute Gasteiger partial charge is 0.262 e. The van der Waals surface area contributed by atoms with Gasteiger partial charge in [0.15, 0.2) is 0 Å². The molecule has 0 aliphatic rings. The van der Waals surface area contributed by atoms with E-state index in [4.69, 9.17) is 33.9 Å². The maximum absolute atomic E-state index is 12.0. The van der Waals surface area contributed by atoms with E-state index in [9.17, 15) is 17.4 Å². The number of hydrogen-bond acceptors (Lipinski definition) is 4. The van der Waals surface area contributed by atoms with Crippen molar-refractivity contribution in [3.63, 3.8) is 0 Å². The van der Waals surface area contributed by atoms with Crippen LogP contribution in [0.25, 0.3) is 0 Å². The van der Waals surface area contributed by atoms with Crippen molar-refractivity contribution in [2.45, 2.75) is 17.1 Å². The molecule has 0 aromatic heterocycles. The van der Waals surface area contributed by atoms with Crippen LogP contribution in [0.15, 0.2) is 17.0 Å². The summed E-state index contributed by atoms with van der Waals surface area (Å²) >= 11 is 11.6. The van der Waals surface area contributed by atoms with Crippen molar-refractivity contribution in [2.24, 2.45) is 0 Å². The lowest BCUT2D eigenvalue weighted by Crippen LogP contribution is -2.32. The van der Waals surface area contributed by atoms with Crippen molar-refractivity contribution < 1.29 is 17.4 Å². The Hall–Kier alpha value is -0.340. The predicted octanol–water partition coefficient (Wildman–Crippen LogP) is 2.42. The van der Waals surface area contributed by atoms with Crippen molar-refractivity contribution in [1.82, 2.24) is 5.32 Å². The molecule has 1 amide bonds. The van der Waals surface area contributed by atoms with Gasteiger partial charge in [-0.15, -0.1) is 0 Å². The van der Waals surface area contributed by atoms with E-state index in [0.717, 1.165) is 6.07 Å². The molecule has 0 spiro atoms. The molecule has 0 saturated carbocycles. The van der Waals surface area contributed by atoms with E-state index >= 15 is 0 Å². The highest BCUT2D eigenvalue weighted by atomic mass is 35.7. The van der Waals surface area contributed by atoms with Crippen molar-refractivity contribution in [1.29, 1.82) is 0 Å². The van der Waals surface area contributed by atoms with Gasteiger partial charge in [0.2, 0.25) is 0 Å². The highest BCUT2D eigenvalue weighted by molar-refractivity contribution is 8.13. The molecule has 0 heterocycles. The SMILES string of the molecule is CC(CNC(=O)c1cc(Cl)c(Cl)c(S(=O)(=O)Cl)c1)S(C)=O. The van der Waals surface area contributed by atoms with E-state index < -0.39 is 30.7 Å². The number of nitrogens with one attached hydrogen (secondary N) is 1. The molecule has 1 aromatic rings. The first kappa shape index (κ1) is 18.7. The van der Waals surface area contributed by atoms with Crippen molar-refractivity contribution >= 4 is 59.6 Å². The van der Waals surface area contributed by atoms with Crippen LogP contribution in [0.5, 0.6) is 0 Å². The van der Waals surface area contributed by atoms with Gasteiger partial charge in [-0.25, -0.2) is 8.42 Å². The Bertz CT molecular complexity index is 691. The molecule has 1 rings (SSSR count). The van der Waals surface area contributed by atoms with Gasteiger partial charge in [0, 0.05) is 45.1 Å². The lowest BCUT2D eigenvalue weighted by atomic mass is 10.2. The largest absolute Gasteiger partial charge is 0.351 e. The van der Waals surface area contributed by atoms with Gasteiger partial charge in [-0.1, -0.05) is 23.2 Å². The quantitative estimate of drug-likeness (QED) is 0.780. The van der Waals surface area contributed by atoms with Gasteiger partial charge in [0.25, 0.3) is 15.0 Å². The molecule has 0 bridgehead atoms. The molecule has 0 fully saturated rings. The molecule has 5 nitrogen and oxygen atoms in total. The van der Waals surface area contributed by atoms with Gasteiger partial charge in [-0.2, -0.15) is 0 Å². The van der Waals surface area contributed by atoms with E-state index in [1.54, 1.807) is 6.92 Å². The molecule has 10 heteroatoms. The summed E-state index contributed by atoms with van der Waals surface area (Å²) < 4.78 is 34.0. The second kappa shape index (κ2) is 7.28. The lowest BCUT2D eigenvalue weighted by molar-refractivity contribution is 0.0954. The fourth-order valence-electron chi connectivity index (χ4n) is 1.33. The average Bonchev–Trinajstić information content (AvgIpc) is 2.36. The number of halogens is 3. The minimum absolute atomic E-state index is 0.00212. The molecule has 1 aromatic carbocycles. The van der Waals surface area contributed by atoms with Gasteiger partial charge in [-0.05, 0) is 19.1 Å². The van der Waals surface area contributed by atoms with Gasteiger partial charge in [0.05, 0.1) is 10.0 Å². The molecule has 21 heavy (non-hydrogen) atoms. The second-order valence-corrected chi connectivity index (χ2v) is 9.35. The number of carbonyl (C=O) groups excluding carboxylic acids is 1. The van der Waals surface area contributed by atoms with E-state index in [0.29, 0.717) is 0 Å². The number of rotatable bonds is 5. The van der Waals surface area contributed by atoms with Gasteiger partial charge >= 0.3 is 0 Å². The Kier molecular flexibility index (Phi) is 6.49. The van der Waals surface area contributed by atoms with Crippen molar-refractivity contribution in [2.75, 3.05) is 12.8 Å². The molecular formula is C11H12Cl3NO4S2. The topological polar surface area (TPSA) is 80.3 Å². The Morgan fingerprint density at radius 3 is 2.43 bits per heavy atom. The molecule has 0 radical (unpaired) electrons. The van der Waals surface area contributed by atoms with Crippen LogP contribution in [0.4, 0.5) is 0 Å². The van der Waals surface area contributed by atoms with Crippen LogP contribution < -0.4 is 5.32 Å². The number of carbonyl (C=O) groups is 1. The summed E-state index contributed by atoms with van der Waals surface area (Å²) in [5, 5.41) is 1.95. The molecule has 0 aliphatic heterocycles. The highest BCUT2D eigenvalue weighted by Crippen LogP contribution is 2.32. The Morgan fingerprint density at radius 2 is 1.95 bits per heavy atom. The molecule has 118 valence electrons. The van der Waals surface area contributed by atoms with Crippen molar-refractivity contribution in [3.8, 4) is 0 Å². The normalized spacial score (nSPS) is 14.5. The summed E-state index contributed by atoms with van der Waals surface area (Å²) in [7, 11) is 0.0207. The predicted molar refractivity (Wildman–Crippen MR) is 85.4 cm³/mol. The fourth-order valence-corrected chi connectivity index (χ4v) is 3.41. The first-order valence-electron chi connectivity index (χ1n) is 5.58. The third kappa shape index (κ3) is 5.10. The van der Waals surface area contributed by atoms with E-state index in [-0.39, 0.29) is 27.4 Å². The Balaban J connectivity index is 3.07. The van der Waals surface area contributed by atoms with Crippen LogP contribution in [0.3, 0.4) is 0 Å². The summed E-state index contributed by atoms with van der Waals surface area (Å²) in [6.45, 7) is 1.88. The van der Waals surface area contributed by atoms with Crippen LogP contribution in [-0.4, -0.2) is 36.6 Å². The summed E-state index contributed by atoms with van der Waals surface area (Å²) in [5.41, 5.74) is -0.00212. The Labute approximate surface area is 139 Å². The lowest BCUT2D eigenvalue weighted by Gasteiger charge is -2.11. The zero-order valence-corrected chi connectivity index (χ0v) is 14.9. The number of amides is 1. The summed E-state index contributed by atoms with van der Waals surface area (Å²) in [6.07, 6.45) is 1.52. The van der Waals surface area contributed by atoms with E-state index in [1.165, 1.54) is 12.3 Å². The maximum Gasteiger partial charge on any atom is 0.262 e. The minimum atomic E-state index is -4.13. The third-order valence-electron chi connectivity index (χ3n) is 2.64. The molecule has 1 N–H and O–H groups in total. The second-order valence-electron chi connectivity index (χ2n) is 4.23. The molecular weight excluding hydrogens is 381 g/mol. The van der Waals surface area contributed by atoms with E-state index in [2.05, 4.69) is 5.32 Å². The van der Waals surface area contributed by atoms with Gasteiger partial charge in [-0.3, -0.25) is 9.00 Å². The zero-order chi connectivity index (χ0) is 16.4. The maximum atomic E-state index is 12.0. The van der Waals surface area contributed by atoms with Gasteiger partial charge in [0.1, 0.15) is 4.90 Å². The molecule has 2 unspecified atom stereocenters. The summed E-state index contributed by atoms with van der Waals surface area (Å²) in [6, 6.07) is 2.28. The molecule has 2 atom stereocenters. The van der Waals surface area contributed by atoms with Crippen LogP contribution >= 0.6 is 33.9 Å². The zero-order valence-electron chi connectivity index (χ0n) is 11.0. The van der Waals surface area contributed by atoms with E-state index in [1.807, 2.05) is 0 Å². The van der Waals surface area contributed by atoms with Crippen LogP contribution in [-0.2, 0) is 19.9 Å². The number of benzene rings is 1. The van der Waals surface area contributed by atoms with Crippen LogP contribution in [0.1, 0.15) is 17.3 Å². The minimum Gasteiger partial charge on any atom is -0.351 e. The van der Waals surface area contributed by atoms with Crippen molar-refractivity contribution in [3.05, 3.63) is 27.7 Å². The average molecular weight is 393 g/mol. The van der Waals surface area contributed by atoms with Crippen LogP contribution in [0, 0.1) is 0 Å². The fraction of sp³-hybridized carbons (Fsp3) is 0.364. The Morgan fingerprint density at radius 1 is 1.38 bits per heavy atom.